The highest BCUT2D eigenvalue weighted by Gasteiger charge is 2.29. The first kappa shape index (κ1) is 17.0. The van der Waals surface area contributed by atoms with Crippen molar-refractivity contribution in [2.24, 2.45) is 5.92 Å². The molecule has 1 heterocycles. The normalized spacial score (nSPS) is 14.8. The van der Waals surface area contributed by atoms with Crippen molar-refractivity contribution in [3.05, 3.63) is 52.2 Å². The number of nitrogens with one attached hydrogen (secondary N) is 3. The fourth-order valence-corrected chi connectivity index (χ4v) is 2.72. The molecular weight excluding hydrogens is 320 g/mol. The molecule has 1 aliphatic carbocycles. The minimum absolute atomic E-state index is 0.00427. The highest BCUT2D eigenvalue weighted by Crippen LogP contribution is 2.28. The predicted molar refractivity (Wildman–Crippen MR) is 93.4 cm³/mol. The molecule has 0 aliphatic heterocycles. The van der Waals surface area contributed by atoms with Crippen LogP contribution in [-0.4, -0.2) is 27.9 Å². The van der Waals surface area contributed by atoms with E-state index < -0.39 is 0 Å². The molecule has 7 heteroatoms. The van der Waals surface area contributed by atoms with Crippen LogP contribution in [0.2, 0.25) is 0 Å². The van der Waals surface area contributed by atoms with Crippen molar-refractivity contribution in [3.63, 3.8) is 0 Å². The van der Waals surface area contributed by atoms with Gasteiger partial charge >= 0.3 is 5.69 Å². The van der Waals surface area contributed by atoms with Crippen molar-refractivity contribution < 1.29 is 9.59 Å². The number of hydrogen-bond acceptors (Lipinski definition) is 3. The zero-order valence-electron chi connectivity index (χ0n) is 14.3. The lowest BCUT2D eigenvalue weighted by atomic mass is 10.1. The first-order chi connectivity index (χ1) is 12.0. The van der Waals surface area contributed by atoms with E-state index in [0.717, 1.165) is 29.8 Å². The van der Waals surface area contributed by atoms with Crippen LogP contribution in [0.1, 0.15) is 37.1 Å². The van der Waals surface area contributed by atoms with Crippen molar-refractivity contribution in [1.29, 1.82) is 0 Å². The first-order valence-corrected chi connectivity index (χ1v) is 8.40. The summed E-state index contributed by atoms with van der Waals surface area (Å²) in [5.74, 6) is -0.166. The fourth-order valence-electron chi connectivity index (χ4n) is 2.72. The van der Waals surface area contributed by atoms with Gasteiger partial charge in [-0.1, -0.05) is 12.1 Å². The quantitative estimate of drug-likeness (QED) is 0.735. The van der Waals surface area contributed by atoms with Crippen LogP contribution in [0.25, 0.3) is 5.69 Å². The van der Waals surface area contributed by atoms with Gasteiger partial charge in [0.05, 0.1) is 18.3 Å². The molecule has 0 bridgehead atoms. The van der Waals surface area contributed by atoms with E-state index in [4.69, 9.17) is 0 Å². The molecule has 3 N–H and O–H groups in total. The predicted octanol–water partition coefficient (Wildman–Crippen LogP) is 1.18. The van der Waals surface area contributed by atoms with E-state index in [9.17, 15) is 14.4 Å². The Balaban J connectivity index is 1.58. The van der Waals surface area contributed by atoms with Gasteiger partial charge in [0.2, 0.25) is 11.8 Å². The first-order valence-electron chi connectivity index (χ1n) is 8.40. The number of nitrogens with zero attached hydrogens (tertiary/aromatic N) is 1. The maximum absolute atomic E-state index is 11.9. The summed E-state index contributed by atoms with van der Waals surface area (Å²) in [5, 5.41) is 5.51. The number of benzene rings is 1. The monoisotopic (exact) mass is 342 g/mol. The van der Waals surface area contributed by atoms with E-state index >= 15 is 0 Å². The van der Waals surface area contributed by atoms with Gasteiger partial charge in [0.15, 0.2) is 0 Å². The van der Waals surface area contributed by atoms with Crippen molar-refractivity contribution in [1.82, 2.24) is 20.2 Å². The average Bonchev–Trinajstić information content (AvgIpc) is 3.39. The number of aromatic amines is 1. The molecule has 1 aromatic heterocycles. The van der Waals surface area contributed by atoms with Gasteiger partial charge in [-0.15, -0.1) is 0 Å². The van der Waals surface area contributed by atoms with Gasteiger partial charge in [-0.25, -0.2) is 4.79 Å². The van der Waals surface area contributed by atoms with Crippen molar-refractivity contribution in [2.75, 3.05) is 6.54 Å². The maximum atomic E-state index is 11.9. The Morgan fingerprint density at radius 1 is 1.28 bits per heavy atom. The molecule has 2 amide bonds. The second kappa shape index (κ2) is 6.96. The zero-order chi connectivity index (χ0) is 18.0. The SMILES string of the molecule is Cc1c[nH]c(=O)n1-c1ccc([C@H](C)NC(=O)CNC(=O)C2CC2)cc1. The molecule has 0 radical (unpaired) electrons. The number of amides is 2. The second-order valence-corrected chi connectivity index (χ2v) is 6.44. The average molecular weight is 342 g/mol. The lowest BCUT2D eigenvalue weighted by molar-refractivity contribution is -0.127. The van der Waals surface area contributed by atoms with E-state index in [-0.39, 0.29) is 36.0 Å². The molecule has 7 nitrogen and oxygen atoms in total. The highest BCUT2D eigenvalue weighted by molar-refractivity contribution is 5.87. The number of imidazole rings is 1. The van der Waals surface area contributed by atoms with Gasteiger partial charge < -0.3 is 15.6 Å². The van der Waals surface area contributed by atoms with Crippen LogP contribution in [-0.2, 0) is 9.59 Å². The molecule has 1 saturated carbocycles. The Labute approximate surface area is 145 Å². The molecule has 1 fully saturated rings. The smallest absolute Gasteiger partial charge is 0.330 e. The van der Waals surface area contributed by atoms with E-state index in [1.807, 2.05) is 38.1 Å². The Kier molecular flexibility index (Phi) is 4.74. The number of hydrogen-bond donors (Lipinski definition) is 3. The second-order valence-electron chi connectivity index (χ2n) is 6.44. The third kappa shape index (κ3) is 3.99. The summed E-state index contributed by atoms with van der Waals surface area (Å²) < 4.78 is 1.58. The third-order valence-electron chi connectivity index (χ3n) is 4.36. The fraction of sp³-hybridized carbons (Fsp3) is 0.389. The number of rotatable bonds is 6. The van der Waals surface area contributed by atoms with Crippen molar-refractivity contribution in [2.45, 2.75) is 32.7 Å². The van der Waals surface area contributed by atoms with E-state index in [1.54, 1.807) is 10.8 Å². The van der Waals surface area contributed by atoms with Gasteiger partial charge in [-0.2, -0.15) is 0 Å². The van der Waals surface area contributed by atoms with E-state index in [1.165, 1.54) is 0 Å². The van der Waals surface area contributed by atoms with Gasteiger partial charge in [-0.3, -0.25) is 14.2 Å². The molecule has 2 aromatic rings. The van der Waals surface area contributed by atoms with Gasteiger partial charge in [0.1, 0.15) is 0 Å². The number of aryl methyl sites for hydroxylation is 1. The van der Waals surface area contributed by atoms with Crippen molar-refractivity contribution >= 4 is 11.8 Å². The summed E-state index contributed by atoms with van der Waals surface area (Å²) in [6.07, 6.45) is 3.49. The Morgan fingerprint density at radius 2 is 1.96 bits per heavy atom. The number of aromatic nitrogens is 2. The number of carbonyl (C=O) groups is 2. The molecule has 25 heavy (non-hydrogen) atoms. The Hall–Kier alpha value is -2.83. The van der Waals surface area contributed by atoms with Crippen molar-refractivity contribution in [3.8, 4) is 5.69 Å². The summed E-state index contributed by atoms with van der Waals surface area (Å²) in [5.41, 5.74) is 2.33. The topological polar surface area (TPSA) is 96.0 Å². The van der Waals surface area contributed by atoms with Crippen LogP contribution >= 0.6 is 0 Å². The standard InChI is InChI=1S/C18H22N4O3/c1-11-9-20-18(25)22(11)15-7-5-13(6-8-15)12(2)21-16(23)10-19-17(24)14-3-4-14/h5-9,12,14H,3-4,10H2,1-2H3,(H,19,24)(H,20,25)(H,21,23)/t12-/m0/s1. The van der Waals surface area contributed by atoms with Gasteiger partial charge in [0, 0.05) is 17.8 Å². The minimum Gasteiger partial charge on any atom is -0.348 e. The van der Waals surface area contributed by atoms with E-state index in [0.29, 0.717) is 0 Å². The lowest BCUT2D eigenvalue weighted by Gasteiger charge is -2.15. The summed E-state index contributed by atoms with van der Waals surface area (Å²) >= 11 is 0. The molecule has 3 rings (SSSR count). The minimum atomic E-state index is -0.219. The van der Waals surface area contributed by atoms with Crippen LogP contribution < -0.4 is 16.3 Å². The number of carbonyl (C=O) groups excluding carboxylic acids is 2. The molecular formula is C18H22N4O3. The summed E-state index contributed by atoms with van der Waals surface area (Å²) in [4.78, 5) is 37.9. The molecule has 132 valence electrons. The largest absolute Gasteiger partial charge is 0.348 e. The van der Waals surface area contributed by atoms with Crippen LogP contribution in [0, 0.1) is 12.8 Å². The van der Waals surface area contributed by atoms with Crippen LogP contribution in [0.15, 0.2) is 35.3 Å². The van der Waals surface area contributed by atoms with Gasteiger partial charge in [-0.05, 0) is 44.4 Å². The van der Waals surface area contributed by atoms with Gasteiger partial charge in [0.25, 0.3) is 0 Å². The molecule has 0 saturated heterocycles. The highest BCUT2D eigenvalue weighted by atomic mass is 16.2. The van der Waals surface area contributed by atoms with Crippen LogP contribution in [0.5, 0.6) is 0 Å². The summed E-state index contributed by atoms with van der Waals surface area (Å²) in [6.45, 7) is 3.73. The molecule has 1 aromatic carbocycles. The number of H-pyrrole nitrogens is 1. The third-order valence-corrected chi connectivity index (χ3v) is 4.36. The van der Waals surface area contributed by atoms with E-state index in [2.05, 4.69) is 15.6 Å². The lowest BCUT2D eigenvalue weighted by Crippen LogP contribution is -2.38. The maximum Gasteiger partial charge on any atom is 0.330 e. The summed E-state index contributed by atoms with van der Waals surface area (Å²) in [6, 6.07) is 7.25. The Bertz CT molecular complexity index is 831. The molecule has 0 spiro atoms. The molecule has 0 unspecified atom stereocenters. The summed E-state index contributed by atoms with van der Waals surface area (Å²) in [7, 11) is 0. The zero-order valence-corrected chi connectivity index (χ0v) is 14.3. The van der Waals surface area contributed by atoms with Crippen LogP contribution in [0.4, 0.5) is 0 Å². The van der Waals surface area contributed by atoms with Crippen LogP contribution in [0.3, 0.4) is 0 Å². The molecule has 1 aliphatic rings. The Morgan fingerprint density at radius 3 is 2.52 bits per heavy atom. The molecule has 1 atom stereocenters.